The van der Waals surface area contributed by atoms with Gasteiger partial charge >= 0.3 is 0 Å². The van der Waals surface area contributed by atoms with Gasteiger partial charge in [-0.3, -0.25) is 9.79 Å². The van der Waals surface area contributed by atoms with E-state index in [0.29, 0.717) is 33.5 Å². The summed E-state index contributed by atoms with van der Waals surface area (Å²) >= 11 is 5.93. The molecule has 0 aliphatic heterocycles. The number of hydrogen-bond donors (Lipinski definition) is 2. The highest BCUT2D eigenvalue weighted by atomic mass is 35.5. The van der Waals surface area contributed by atoms with Crippen molar-refractivity contribution in [3.8, 4) is 0 Å². The summed E-state index contributed by atoms with van der Waals surface area (Å²) in [6, 6.07) is 7.54. The molecular formula is C20H20ClFN4O. The third-order valence-electron chi connectivity index (χ3n) is 3.77. The van der Waals surface area contributed by atoms with Crippen LogP contribution < -0.4 is 10.6 Å². The third-order valence-corrected chi connectivity index (χ3v) is 3.96. The summed E-state index contributed by atoms with van der Waals surface area (Å²) in [5.41, 5.74) is 3.52. The molecule has 0 unspecified atom stereocenters. The van der Waals surface area contributed by atoms with Crippen LogP contribution in [0, 0.1) is 19.7 Å². The first kappa shape index (κ1) is 20.3. The second kappa shape index (κ2) is 9.09. The standard InChI is InChI=1S/C20H20ClFN4O/c1-12-11-18(21)25-14(3)19(12)20(27)26-17(9-10-23-4)13(2)24-16-7-5-15(22)6-8-16/h5-11,24H,4H2,1-3H3,(H,26,27)/b10-9-,17-13-. The normalized spacial score (nSPS) is 11.9. The molecule has 0 aliphatic carbocycles. The summed E-state index contributed by atoms with van der Waals surface area (Å²) < 4.78 is 13.1. The van der Waals surface area contributed by atoms with Crippen LogP contribution >= 0.6 is 11.6 Å². The van der Waals surface area contributed by atoms with E-state index in [1.165, 1.54) is 18.3 Å². The first-order chi connectivity index (χ1) is 12.8. The van der Waals surface area contributed by atoms with Gasteiger partial charge in [0, 0.05) is 17.6 Å². The molecule has 1 aromatic heterocycles. The van der Waals surface area contributed by atoms with E-state index in [2.05, 4.69) is 27.3 Å². The van der Waals surface area contributed by atoms with E-state index < -0.39 is 0 Å². The van der Waals surface area contributed by atoms with Gasteiger partial charge in [0.1, 0.15) is 11.0 Å². The molecule has 0 fully saturated rings. The third kappa shape index (κ3) is 5.49. The molecule has 1 amide bonds. The monoisotopic (exact) mass is 386 g/mol. The van der Waals surface area contributed by atoms with Gasteiger partial charge in [-0.25, -0.2) is 9.37 Å². The van der Waals surface area contributed by atoms with Gasteiger partial charge in [0.2, 0.25) is 0 Å². The second-order valence-electron chi connectivity index (χ2n) is 5.85. The van der Waals surface area contributed by atoms with Crippen molar-refractivity contribution in [3.63, 3.8) is 0 Å². The van der Waals surface area contributed by atoms with Gasteiger partial charge in [0.15, 0.2) is 0 Å². The van der Waals surface area contributed by atoms with Crippen LogP contribution in [-0.2, 0) is 0 Å². The van der Waals surface area contributed by atoms with Gasteiger partial charge in [-0.15, -0.1) is 0 Å². The molecule has 5 nitrogen and oxygen atoms in total. The molecule has 27 heavy (non-hydrogen) atoms. The minimum atomic E-state index is -0.326. The number of amides is 1. The predicted octanol–water partition coefficient (Wildman–Crippen LogP) is 4.78. The van der Waals surface area contributed by atoms with E-state index >= 15 is 0 Å². The molecule has 0 aliphatic rings. The van der Waals surface area contributed by atoms with Gasteiger partial charge < -0.3 is 10.6 Å². The van der Waals surface area contributed by atoms with E-state index in [-0.39, 0.29) is 11.7 Å². The van der Waals surface area contributed by atoms with Crippen molar-refractivity contribution in [3.05, 3.63) is 81.8 Å². The molecule has 0 spiro atoms. The van der Waals surface area contributed by atoms with Crippen molar-refractivity contribution in [1.29, 1.82) is 0 Å². The molecule has 140 valence electrons. The number of aromatic nitrogens is 1. The maximum atomic E-state index is 13.1. The summed E-state index contributed by atoms with van der Waals surface area (Å²) in [6.45, 7) is 8.71. The average Bonchev–Trinajstić information content (AvgIpc) is 2.59. The Balaban J connectivity index is 2.33. The fourth-order valence-electron chi connectivity index (χ4n) is 2.52. The molecule has 7 heteroatoms. The van der Waals surface area contributed by atoms with Crippen LogP contribution in [-0.4, -0.2) is 17.6 Å². The molecule has 2 N–H and O–H groups in total. The zero-order valence-corrected chi connectivity index (χ0v) is 16.1. The maximum Gasteiger partial charge on any atom is 0.257 e. The number of pyridine rings is 1. The molecule has 0 atom stereocenters. The Hall–Kier alpha value is -2.99. The quantitative estimate of drug-likeness (QED) is 0.426. The molecule has 0 radical (unpaired) electrons. The molecule has 2 aromatic rings. The van der Waals surface area contributed by atoms with Gasteiger partial charge in [-0.1, -0.05) is 11.6 Å². The Morgan fingerprint density at radius 3 is 2.56 bits per heavy atom. The number of nitrogens with zero attached hydrogens (tertiary/aromatic N) is 2. The molecule has 0 saturated carbocycles. The number of carbonyl (C=O) groups excluding carboxylic acids is 1. The lowest BCUT2D eigenvalue weighted by molar-refractivity contribution is 0.0965. The maximum absolute atomic E-state index is 13.1. The topological polar surface area (TPSA) is 66.4 Å². The lowest BCUT2D eigenvalue weighted by Gasteiger charge is -2.15. The minimum absolute atomic E-state index is 0.321. The fourth-order valence-corrected chi connectivity index (χ4v) is 2.81. The number of allylic oxidation sites excluding steroid dienone is 2. The Morgan fingerprint density at radius 1 is 1.30 bits per heavy atom. The van der Waals surface area contributed by atoms with Crippen LogP contribution in [0.3, 0.4) is 0 Å². The lowest BCUT2D eigenvalue weighted by Crippen LogP contribution is -2.26. The first-order valence-corrected chi connectivity index (χ1v) is 8.50. The van der Waals surface area contributed by atoms with Crippen LogP contribution in [0.1, 0.15) is 28.5 Å². The van der Waals surface area contributed by atoms with Crippen molar-refractivity contribution in [1.82, 2.24) is 10.3 Å². The number of aliphatic imine (C=N–C) groups is 1. The molecule has 1 aromatic carbocycles. The van der Waals surface area contributed by atoms with E-state index in [1.54, 1.807) is 45.0 Å². The molecule has 0 bridgehead atoms. The highest BCUT2D eigenvalue weighted by Gasteiger charge is 2.16. The average molecular weight is 387 g/mol. The van der Waals surface area contributed by atoms with Gasteiger partial charge in [0.25, 0.3) is 5.91 Å². The van der Waals surface area contributed by atoms with Crippen LogP contribution in [0.5, 0.6) is 0 Å². The summed E-state index contributed by atoms with van der Waals surface area (Å²) in [5.74, 6) is -0.647. The van der Waals surface area contributed by atoms with Crippen molar-refractivity contribution < 1.29 is 9.18 Å². The van der Waals surface area contributed by atoms with Crippen molar-refractivity contribution >= 4 is 29.9 Å². The molecule has 2 rings (SSSR count). The van der Waals surface area contributed by atoms with Crippen LogP contribution in [0.15, 0.2) is 59.0 Å². The smallest absolute Gasteiger partial charge is 0.257 e. The Labute approximate surface area is 162 Å². The van der Waals surface area contributed by atoms with Gasteiger partial charge in [-0.05, 0) is 69.5 Å². The highest BCUT2D eigenvalue weighted by Crippen LogP contribution is 2.18. The highest BCUT2D eigenvalue weighted by molar-refractivity contribution is 6.29. The number of benzene rings is 1. The minimum Gasteiger partial charge on any atom is -0.357 e. The van der Waals surface area contributed by atoms with Crippen LogP contribution in [0.25, 0.3) is 0 Å². The zero-order chi connectivity index (χ0) is 20.0. The summed E-state index contributed by atoms with van der Waals surface area (Å²) in [7, 11) is 0. The Bertz CT molecular complexity index is 897. The lowest BCUT2D eigenvalue weighted by atomic mass is 10.1. The first-order valence-electron chi connectivity index (χ1n) is 8.12. The number of aryl methyl sites for hydroxylation is 2. The molecule has 1 heterocycles. The number of rotatable bonds is 6. The number of hydrogen-bond acceptors (Lipinski definition) is 4. The van der Waals surface area contributed by atoms with Crippen molar-refractivity contribution in [2.45, 2.75) is 20.8 Å². The van der Waals surface area contributed by atoms with Crippen molar-refractivity contribution in [2.24, 2.45) is 4.99 Å². The van der Waals surface area contributed by atoms with E-state index in [9.17, 15) is 9.18 Å². The van der Waals surface area contributed by atoms with Gasteiger partial charge in [-0.2, -0.15) is 0 Å². The van der Waals surface area contributed by atoms with E-state index in [1.807, 2.05) is 0 Å². The van der Waals surface area contributed by atoms with E-state index in [4.69, 9.17) is 11.6 Å². The number of carbonyl (C=O) groups is 1. The number of nitrogens with one attached hydrogen (secondary N) is 2. The SMILES string of the molecule is C=N/C=C\C(NC(=O)c1c(C)cc(Cl)nc1C)=C(/C)Nc1ccc(F)cc1. The zero-order valence-electron chi connectivity index (χ0n) is 15.3. The predicted molar refractivity (Wildman–Crippen MR) is 108 cm³/mol. The second-order valence-corrected chi connectivity index (χ2v) is 6.23. The van der Waals surface area contributed by atoms with Crippen LogP contribution in [0.2, 0.25) is 5.15 Å². The summed E-state index contributed by atoms with van der Waals surface area (Å²) in [4.78, 5) is 20.6. The summed E-state index contributed by atoms with van der Waals surface area (Å²) in [5, 5.41) is 6.30. The molecular weight excluding hydrogens is 367 g/mol. The van der Waals surface area contributed by atoms with Crippen molar-refractivity contribution in [2.75, 3.05) is 5.32 Å². The Kier molecular flexibility index (Phi) is 6.85. The molecule has 0 saturated heterocycles. The van der Waals surface area contributed by atoms with Gasteiger partial charge in [0.05, 0.1) is 17.0 Å². The number of anilines is 1. The largest absolute Gasteiger partial charge is 0.357 e. The Morgan fingerprint density at radius 2 is 1.96 bits per heavy atom. The van der Waals surface area contributed by atoms with Crippen LogP contribution in [0.4, 0.5) is 10.1 Å². The fraction of sp³-hybridized carbons (Fsp3) is 0.150. The summed E-state index contributed by atoms with van der Waals surface area (Å²) in [6.07, 6.45) is 3.08. The number of halogens is 2. The van der Waals surface area contributed by atoms with E-state index in [0.717, 1.165) is 5.56 Å².